The molecular formula is C11H21NO3. The number of carbonyl (C=O) groups is 1. The SMILES string of the molecule is CC(CCCO)NC(=O)C1CCOCC1. The summed E-state index contributed by atoms with van der Waals surface area (Å²) >= 11 is 0. The van der Waals surface area contributed by atoms with Crippen molar-refractivity contribution in [3.63, 3.8) is 0 Å². The Morgan fingerprint density at radius 1 is 1.53 bits per heavy atom. The minimum atomic E-state index is 0.121. The molecule has 0 aromatic carbocycles. The maximum atomic E-state index is 11.7. The molecule has 88 valence electrons. The maximum Gasteiger partial charge on any atom is 0.223 e. The molecule has 0 aliphatic carbocycles. The number of carbonyl (C=O) groups excluding carboxylic acids is 1. The van der Waals surface area contributed by atoms with Gasteiger partial charge in [0, 0.05) is 31.8 Å². The van der Waals surface area contributed by atoms with Gasteiger partial charge < -0.3 is 15.2 Å². The molecule has 1 amide bonds. The Morgan fingerprint density at radius 3 is 2.80 bits per heavy atom. The summed E-state index contributed by atoms with van der Waals surface area (Å²) in [5.41, 5.74) is 0. The van der Waals surface area contributed by atoms with E-state index in [1.165, 1.54) is 0 Å². The van der Waals surface area contributed by atoms with Crippen molar-refractivity contribution >= 4 is 5.91 Å². The van der Waals surface area contributed by atoms with Gasteiger partial charge in [0.15, 0.2) is 0 Å². The lowest BCUT2D eigenvalue weighted by atomic mass is 9.99. The first-order chi connectivity index (χ1) is 7.24. The molecule has 0 saturated carbocycles. The van der Waals surface area contributed by atoms with Crippen LogP contribution in [-0.2, 0) is 9.53 Å². The third-order valence-electron chi connectivity index (χ3n) is 2.78. The zero-order chi connectivity index (χ0) is 11.1. The summed E-state index contributed by atoms with van der Waals surface area (Å²) < 4.78 is 5.21. The molecule has 1 rings (SSSR count). The van der Waals surface area contributed by atoms with Gasteiger partial charge in [-0.1, -0.05) is 0 Å². The van der Waals surface area contributed by atoms with Crippen LogP contribution in [0.1, 0.15) is 32.6 Å². The van der Waals surface area contributed by atoms with Gasteiger partial charge in [0.25, 0.3) is 0 Å². The largest absolute Gasteiger partial charge is 0.396 e. The third kappa shape index (κ3) is 4.62. The van der Waals surface area contributed by atoms with Crippen molar-refractivity contribution in [3.8, 4) is 0 Å². The number of hydrogen-bond donors (Lipinski definition) is 2. The summed E-state index contributed by atoms with van der Waals surface area (Å²) in [6.07, 6.45) is 3.25. The van der Waals surface area contributed by atoms with Gasteiger partial charge in [-0.25, -0.2) is 0 Å². The number of aliphatic hydroxyl groups excluding tert-OH is 1. The molecule has 0 aromatic rings. The first-order valence-corrected chi connectivity index (χ1v) is 5.73. The molecule has 1 unspecified atom stereocenters. The van der Waals surface area contributed by atoms with E-state index in [2.05, 4.69) is 5.32 Å². The van der Waals surface area contributed by atoms with Crippen LogP contribution < -0.4 is 5.32 Å². The smallest absolute Gasteiger partial charge is 0.223 e. The third-order valence-corrected chi connectivity index (χ3v) is 2.78. The molecule has 0 radical (unpaired) electrons. The van der Waals surface area contributed by atoms with Crippen LogP contribution in [0.3, 0.4) is 0 Å². The summed E-state index contributed by atoms with van der Waals surface area (Å²) in [4.78, 5) is 11.7. The van der Waals surface area contributed by atoms with E-state index >= 15 is 0 Å². The lowest BCUT2D eigenvalue weighted by Gasteiger charge is -2.23. The van der Waals surface area contributed by atoms with E-state index < -0.39 is 0 Å². The first kappa shape index (κ1) is 12.5. The van der Waals surface area contributed by atoms with Gasteiger partial charge in [0.1, 0.15) is 0 Å². The van der Waals surface area contributed by atoms with Crippen molar-refractivity contribution in [2.75, 3.05) is 19.8 Å². The minimum Gasteiger partial charge on any atom is -0.396 e. The Balaban J connectivity index is 2.21. The fourth-order valence-electron chi connectivity index (χ4n) is 1.79. The van der Waals surface area contributed by atoms with Crippen LogP contribution in [0, 0.1) is 5.92 Å². The zero-order valence-electron chi connectivity index (χ0n) is 9.37. The van der Waals surface area contributed by atoms with Crippen LogP contribution in [0.4, 0.5) is 0 Å². The number of hydrogen-bond acceptors (Lipinski definition) is 3. The van der Waals surface area contributed by atoms with Gasteiger partial charge in [-0.2, -0.15) is 0 Å². The van der Waals surface area contributed by atoms with Crippen LogP contribution in [0.25, 0.3) is 0 Å². The second-order valence-corrected chi connectivity index (χ2v) is 4.16. The highest BCUT2D eigenvalue weighted by Crippen LogP contribution is 2.15. The standard InChI is InChI=1S/C11H21NO3/c1-9(3-2-6-13)12-11(14)10-4-7-15-8-5-10/h9-10,13H,2-8H2,1H3,(H,12,14). The minimum absolute atomic E-state index is 0.121. The number of rotatable bonds is 5. The summed E-state index contributed by atoms with van der Waals surface area (Å²) in [5.74, 6) is 0.263. The Labute approximate surface area is 91.0 Å². The Bertz CT molecular complexity index is 190. The highest BCUT2D eigenvalue weighted by atomic mass is 16.5. The van der Waals surface area contributed by atoms with Gasteiger partial charge in [-0.3, -0.25) is 4.79 Å². The fourth-order valence-corrected chi connectivity index (χ4v) is 1.79. The average molecular weight is 215 g/mol. The van der Waals surface area contributed by atoms with Crippen LogP contribution in [0.15, 0.2) is 0 Å². The highest BCUT2D eigenvalue weighted by molar-refractivity contribution is 5.78. The van der Waals surface area contributed by atoms with Crippen LogP contribution in [0.2, 0.25) is 0 Å². The molecule has 0 aromatic heterocycles. The van der Waals surface area contributed by atoms with Crippen molar-refractivity contribution in [1.29, 1.82) is 0 Å². The number of nitrogens with one attached hydrogen (secondary N) is 1. The topological polar surface area (TPSA) is 58.6 Å². The number of ether oxygens (including phenoxy) is 1. The molecule has 0 spiro atoms. The molecule has 1 saturated heterocycles. The lowest BCUT2D eigenvalue weighted by molar-refractivity contribution is -0.128. The first-order valence-electron chi connectivity index (χ1n) is 5.73. The average Bonchev–Trinajstić information content (AvgIpc) is 2.27. The predicted octanol–water partition coefficient (Wildman–Crippen LogP) is 0.690. The van der Waals surface area contributed by atoms with E-state index in [0.29, 0.717) is 13.2 Å². The van der Waals surface area contributed by atoms with Crippen molar-refractivity contribution in [2.45, 2.75) is 38.6 Å². The summed E-state index contributed by atoms with van der Waals surface area (Å²) in [5, 5.41) is 11.6. The summed E-state index contributed by atoms with van der Waals surface area (Å²) in [7, 11) is 0. The molecule has 15 heavy (non-hydrogen) atoms. The van der Waals surface area contributed by atoms with Gasteiger partial charge in [0.05, 0.1) is 0 Å². The molecule has 1 aliphatic rings. The second-order valence-electron chi connectivity index (χ2n) is 4.16. The molecule has 1 atom stereocenters. The van der Waals surface area contributed by atoms with Gasteiger partial charge >= 0.3 is 0 Å². The van der Waals surface area contributed by atoms with E-state index in [1.807, 2.05) is 6.92 Å². The van der Waals surface area contributed by atoms with E-state index in [1.54, 1.807) is 0 Å². The Hall–Kier alpha value is -0.610. The van der Waals surface area contributed by atoms with E-state index in [-0.39, 0.29) is 24.5 Å². The molecular weight excluding hydrogens is 194 g/mol. The van der Waals surface area contributed by atoms with Gasteiger partial charge in [-0.05, 0) is 32.6 Å². The van der Waals surface area contributed by atoms with Crippen LogP contribution in [-0.4, -0.2) is 36.9 Å². The Morgan fingerprint density at radius 2 is 2.20 bits per heavy atom. The molecule has 1 heterocycles. The predicted molar refractivity (Wildman–Crippen MR) is 57.5 cm³/mol. The number of amides is 1. The van der Waals surface area contributed by atoms with E-state index in [9.17, 15) is 4.79 Å². The van der Waals surface area contributed by atoms with E-state index in [0.717, 1.165) is 25.7 Å². The molecule has 2 N–H and O–H groups in total. The van der Waals surface area contributed by atoms with Crippen LogP contribution in [0.5, 0.6) is 0 Å². The van der Waals surface area contributed by atoms with Crippen LogP contribution >= 0.6 is 0 Å². The maximum absolute atomic E-state index is 11.7. The summed E-state index contributed by atoms with van der Waals surface area (Å²) in [6.45, 7) is 3.57. The quantitative estimate of drug-likeness (QED) is 0.709. The summed E-state index contributed by atoms with van der Waals surface area (Å²) in [6, 6.07) is 0.160. The van der Waals surface area contributed by atoms with Crippen molar-refractivity contribution in [3.05, 3.63) is 0 Å². The molecule has 0 bridgehead atoms. The molecule has 4 heteroatoms. The van der Waals surface area contributed by atoms with Crippen molar-refractivity contribution < 1.29 is 14.6 Å². The van der Waals surface area contributed by atoms with E-state index in [4.69, 9.17) is 9.84 Å². The van der Waals surface area contributed by atoms with Gasteiger partial charge in [-0.15, -0.1) is 0 Å². The molecule has 1 aliphatic heterocycles. The molecule has 1 fully saturated rings. The van der Waals surface area contributed by atoms with Crippen molar-refractivity contribution in [2.24, 2.45) is 5.92 Å². The Kier molecular flexibility index (Phi) is 5.65. The van der Waals surface area contributed by atoms with Crippen molar-refractivity contribution in [1.82, 2.24) is 5.32 Å². The monoisotopic (exact) mass is 215 g/mol. The normalized spacial score (nSPS) is 19.9. The second kappa shape index (κ2) is 6.80. The van der Waals surface area contributed by atoms with Gasteiger partial charge in [0.2, 0.25) is 5.91 Å². The number of aliphatic hydroxyl groups is 1. The zero-order valence-corrected chi connectivity index (χ0v) is 9.37. The fraction of sp³-hybridized carbons (Fsp3) is 0.909. The highest BCUT2D eigenvalue weighted by Gasteiger charge is 2.22. The molecule has 4 nitrogen and oxygen atoms in total. The lowest BCUT2D eigenvalue weighted by Crippen LogP contribution is -2.39.